The molecule has 0 saturated carbocycles. The third-order valence-electron chi connectivity index (χ3n) is 4.53. The lowest BCUT2D eigenvalue weighted by molar-refractivity contribution is 0.0750. The lowest BCUT2D eigenvalue weighted by atomic mass is 10.2. The summed E-state index contributed by atoms with van der Waals surface area (Å²) in [5.74, 6) is 0.932. The van der Waals surface area contributed by atoms with Crippen LogP contribution >= 0.6 is 11.3 Å². The fourth-order valence-electron chi connectivity index (χ4n) is 3.21. The number of thiazole rings is 1. The molecule has 0 atom stereocenters. The van der Waals surface area contributed by atoms with Gasteiger partial charge in [-0.15, -0.1) is 10.2 Å². The standard InChI is InChI=1S/C17H19N5OS/c1-12-15(24-17-19-18-13(2)22(12)17)16(23)21-10-8-20(9-11-21)14-6-4-3-5-7-14/h3-7H,8-11H2,1-2H3. The van der Waals surface area contributed by atoms with E-state index in [1.165, 1.54) is 17.0 Å². The molecular weight excluding hydrogens is 322 g/mol. The quantitative estimate of drug-likeness (QED) is 0.718. The van der Waals surface area contributed by atoms with Crippen LogP contribution in [0.3, 0.4) is 0 Å². The Morgan fingerprint density at radius 3 is 2.42 bits per heavy atom. The van der Waals surface area contributed by atoms with Gasteiger partial charge in [0.05, 0.1) is 0 Å². The van der Waals surface area contributed by atoms with Crippen molar-refractivity contribution in [3.05, 3.63) is 46.7 Å². The summed E-state index contributed by atoms with van der Waals surface area (Å²) in [6.45, 7) is 7.07. The Labute approximate surface area is 144 Å². The highest BCUT2D eigenvalue weighted by Crippen LogP contribution is 2.25. The monoisotopic (exact) mass is 341 g/mol. The first-order valence-electron chi connectivity index (χ1n) is 8.05. The van der Waals surface area contributed by atoms with Gasteiger partial charge in [0.25, 0.3) is 5.91 Å². The van der Waals surface area contributed by atoms with Crippen molar-refractivity contribution >= 4 is 27.9 Å². The van der Waals surface area contributed by atoms with E-state index in [0.29, 0.717) is 0 Å². The highest BCUT2D eigenvalue weighted by atomic mass is 32.1. The first-order valence-corrected chi connectivity index (χ1v) is 8.87. The molecule has 0 aliphatic carbocycles. The molecule has 6 nitrogen and oxygen atoms in total. The van der Waals surface area contributed by atoms with Gasteiger partial charge in [0.1, 0.15) is 10.7 Å². The van der Waals surface area contributed by atoms with Crippen LogP contribution in [0, 0.1) is 13.8 Å². The number of hydrogen-bond donors (Lipinski definition) is 0. The molecule has 2 aromatic heterocycles. The summed E-state index contributed by atoms with van der Waals surface area (Å²) in [5.41, 5.74) is 2.16. The number of carbonyl (C=O) groups excluding carboxylic acids is 1. The fraction of sp³-hybridized carbons (Fsp3) is 0.353. The van der Waals surface area contributed by atoms with E-state index in [-0.39, 0.29) is 5.91 Å². The van der Waals surface area contributed by atoms with Crippen molar-refractivity contribution in [2.24, 2.45) is 0 Å². The van der Waals surface area contributed by atoms with E-state index in [1.807, 2.05) is 41.3 Å². The first-order chi connectivity index (χ1) is 11.6. The molecule has 1 aliphatic rings. The highest BCUT2D eigenvalue weighted by molar-refractivity contribution is 7.19. The van der Waals surface area contributed by atoms with Crippen molar-refractivity contribution in [2.45, 2.75) is 13.8 Å². The normalized spacial score (nSPS) is 15.2. The smallest absolute Gasteiger partial charge is 0.265 e. The summed E-state index contributed by atoms with van der Waals surface area (Å²) in [6.07, 6.45) is 0. The molecule has 1 aromatic carbocycles. The summed E-state index contributed by atoms with van der Waals surface area (Å²) in [7, 11) is 0. The molecule has 3 aromatic rings. The molecule has 0 bridgehead atoms. The second-order valence-corrected chi connectivity index (χ2v) is 6.97. The van der Waals surface area contributed by atoms with Gasteiger partial charge in [-0.1, -0.05) is 29.5 Å². The maximum Gasteiger partial charge on any atom is 0.265 e. The lowest BCUT2D eigenvalue weighted by Crippen LogP contribution is -2.48. The van der Waals surface area contributed by atoms with Crippen LogP contribution in [0.25, 0.3) is 4.96 Å². The van der Waals surface area contributed by atoms with Gasteiger partial charge in [-0.05, 0) is 26.0 Å². The molecule has 4 rings (SSSR count). The van der Waals surface area contributed by atoms with Gasteiger partial charge in [-0.3, -0.25) is 9.20 Å². The van der Waals surface area contributed by atoms with E-state index in [1.54, 1.807) is 0 Å². The zero-order chi connectivity index (χ0) is 16.7. The molecule has 0 spiro atoms. The van der Waals surface area contributed by atoms with Crippen molar-refractivity contribution < 1.29 is 4.79 Å². The Morgan fingerprint density at radius 1 is 1.04 bits per heavy atom. The first kappa shape index (κ1) is 15.1. The van der Waals surface area contributed by atoms with Crippen LogP contribution < -0.4 is 4.90 Å². The van der Waals surface area contributed by atoms with Crippen molar-refractivity contribution in [1.29, 1.82) is 0 Å². The molecule has 124 valence electrons. The number of nitrogens with zero attached hydrogens (tertiary/aromatic N) is 5. The van der Waals surface area contributed by atoms with Crippen molar-refractivity contribution in [2.75, 3.05) is 31.1 Å². The number of aryl methyl sites for hydroxylation is 2. The van der Waals surface area contributed by atoms with E-state index in [9.17, 15) is 4.79 Å². The minimum Gasteiger partial charge on any atom is -0.368 e. The van der Waals surface area contributed by atoms with Crippen LogP contribution in [0.4, 0.5) is 5.69 Å². The second-order valence-electron chi connectivity index (χ2n) is 6.00. The number of rotatable bonds is 2. The van der Waals surface area contributed by atoms with Crippen LogP contribution in [0.5, 0.6) is 0 Å². The largest absolute Gasteiger partial charge is 0.368 e. The van der Waals surface area contributed by atoms with Crippen LogP contribution in [-0.4, -0.2) is 51.6 Å². The SMILES string of the molecule is Cc1nnc2sc(C(=O)N3CCN(c4ccccc4)CC3)c(C)n12. The predicted octanol–water partition coefficient (Wildman–Crippen LogP) is 2.37. The Bertz CT molecular complexity index is 877. The van der Waals surface area contributed by atoms with Gasteiger partial charge in [0.2, 0.25) is 4.96 Å². The van der Waals surface area contributed by atoms with Crippen molar-refractivity contribution in [1.82, 2.24) is 19.5 Å². The van der Waals surface area contributed by atoms with Crippen molar-refractivity contribution in [3.63, 3.8) is 0 Å². The van der Waals surface area contributed by atoms with Crippen LogP contribution in [0.1, 0.15) is 21.2 Å². The molecule has 0 unspecified atom stereocenters. The summed E-state index contributed by atoms with van der Waals surface area (Å²) in [5, 5.41) is 8.20. The van der Waals surface area contributed by atoms with Crippen LogP contribution in [0.15, 0.2) is 30.3 Å². The fourth-order valence-corrected chi connectivity index (χ4v) is 4.29. The summed E-state index contributed by atoms with van der Waals surface area (Å²) < 4.78 is 1.96. The average Bonchev–Trinajstić information content (AvgIpc) is 3.16. The highest BCUT2D eigenvalue weighted by Gasteiger charge is 2.26. The number of carbonyl (C=O) groups is 1. The van der Waals surface area contributed by atoms with E-state index in [4.69, 9.17) is 0 Å². The molecule has 0 radical (unpaired) electrons. The van der Waals surface area contributed by atoms with E-state index < -0.39 is 0 Å². The number of para-hydroxylation sites is 1. The molecule has 1 amide bonds. The summed E-state index contributed by atoms with van der Waals surface area (Å²) >= 11 is 1.43. The van der Waals surface area contributed by atoms with E-state index >= 15 is 0 Å². The van der Waals surface area contributed by atoms with Gasteiger partial charge in [-0.25, -0.2) is 0 Å². The zero-order valence-electron chi connectivity index (χ0n) is 13.8. The van der Waals surface area contributed by atoms with Crippen LogP contribution in [-0.2, 0) is 0 Å². The van der Waals surface area contributed by atoms with Gasteiger partial charge < -0.3 is 9.80 Å². The van der Waals surface area contributed by atoms with Crippen molar-refractivity contribution in [3.8, 4) is 0 Å². The number of benzene rings is 1. The number of piperazine rings is 1. The molecule has 7 heteroatoms. The lowest BCUT2D eigenvalue weighted by Gasteiger charge is -2.36. The maximum absolute atomic E-state index is 12.9. The Hall–Kier alpha value is -2.41. The number of fused-ring (bicyclic) bond motifs is 1. The molecular formula is C17H19N5OS. The molecule has 1 saturated heterocycles. The molecule has 24 heavy (non-hydrogen) atoms. The van der Waals surface area contributed by atoms with Crippen LogP contribution in [0.2, 0.25) is 0 Å². The number of aromatic nitrogens is 3. The molecule has 3 heterocycles. The van der Waals surface area contributed by atoms with Gasteiger partial charge in [-0.2, -0.15) is 0 Å². The maximum atomic E-state index is 12.9. The number of hydrogen-bond acceptors (Lipinski definition) is 5. The second kappa shape index (κ2) is 5.90. The van der Waals surface area contributed by atoms with E-state index in [0.717, 1.165) is 47.5 Å². The molecule has 1 fully saturated rings. The topological polar surface area (TPSA) is 53.7 Å². The Morgan fingerprint density at radius 2 is 1.75 bits per heavy atom. The third-order valence-corrected chi connectivity index (χ3v) is 5.66. The predicted molar refractivity (Wildman–Crippen MR) is 94.9 cm³/mol. The van der Waals surface area contributed by atoms with E-state index in [2.05, 4.69) is 27.2 Å². The third kappa shape index (κ3) is 2.45. The van der Waals surface area contributed by atoms with Gasteiger partial charge in [0.15, 0.2) is 0 Å². The molecule has 0 N–H and O–H groups in total. The summed E-state index contributed by atoms with van der Waals surface area (Å²) in [4.78, 5) is 18.7. The Kier molecular flexibility index (Phi) is 3.72. The minimum absolute atomic E-state index is 0.107. The summed E-state index contributed by atoms with van der Waals surface area (Å²) in [6, 6.07) is 10.4. The number of amides is 1. The molecule has 1 aliphatic heterocycles. The number of anilines is 1. The van der Waals surface area contributed by atoms with Gasteiger partial charge >= 0.3 is 0 Å². The minimum atomic E-state index is 0.107. The average molecular weight is 341 g/mol. The Balaban J connectivity index is 1.50. The zero-order valence-corrected chi connectivity index (χ0v) is 14.6. The van der Waals surface area contributed by atoms with Gasteiger partial charge in [0, 0.05) is 37.6 Å².